The van der Waals surface area contributed by atoms with Gasteiger partial charge >= 0.3 is 0 Å². The molecule has 0 aliphatic heterocycles. The van der Waals surface area contributed by atoms with Crippen molar-refractivity contribution in [1.29, 1.82) is 0 Å². The molecule has 3 aromatic rings. The summed E-state index contributed by atoms with van der Waals surface area (Å²) in [6, 6.07) is 12.1. The van der Waals surface area contributed by atoms with Crippen molar-refractivity contribution in [2.24, 2.45) is 0 Å². The van der Waals surface area contributed by atoms with Crippen molar-refractivity contribution in [2.75, 3.05) is 12.3 Å². The third kappa shape index (κ3) is 2.42. The number of fused-ring (bicyclic) bond motifs is 1. The van der Waals surface area contributed by atoms with E-state index in [1.165, 1.54) is 0 Å². The zero-order chi connectivity index (χ0) is 15.7. The van der Waals surface area contributed by atoms with Gasteiger partial charge in [0.1, 0.15) is 11.3 Å². The molecule has 0 unspecified atom stereocenters. The van der Waals surface area contributed by atoms with Gasteiger partial charge in [-0.15, -0.1) is 0 Å². The molecule has 22 heavy (non-hydrogen) atoms. The first-order valence-corrected chi connectivity index (χ1v) is 7.23. The molecule has 2 aromatic carbocycles. The Labute approximate surface area is 132 Å². The molecule has 2 N–H and O–H groups in total. The van der Waals surface area contributed by atoms with Gasteiger partial charge in [-0.1, -0.05) is 23.7 Å². The van der Waals surface area contributed by atoms with Crippen LogP contribution in [-0.4, -0.2) is 12.4 Å². The van der Waals surface area contributed by atoms with Gasteiger partial charge in [0.15, 0.2) is 5.76 Å². The van der Waals surface area contributed by atoms with Gasteiger partial charge in [0, 0.05) is 10.4 Å². The lowest BCUT2D eigenvalue weighted by atomic mass is 10.1. The molecule has 1 aromatic heterocycles. The molecular weight excluding hydrogens is 302 g/mol. The standard InChI is InChI=1S/C17H14ClNO3/c1-2-21-13-6-4-3-5-11(13)16(20)17-15(19)12-9-10(18)7-8-14(12)22-17/h3-9H,2,19H2,1H3. The minimum Gasteiger partial charge on any atom is -0.493 e. The van der Waals surface area contributed by atoms with Gasteiger partial charge in [0.25, 0.3) is 0 Å². The molecular formula is C17H14ClNO3. The highest BCUT2D eigenvalue weighted by Crippen LogP contribution is 2.33. The van der Waals surface area contributed by atoms with Crippen molar-refractivity contribution < 1.29 is 13.9 Å². The van der Waals surface area contributed by atoms with E-state index in [9.17, 15) is 4.79 Å². The number of carbonyl (C=O) groups excluding carboxylic acids is 1. The predicted octanol–water partition coefficient (Wildman–Crippen LogP) is 4.30. The Hall–Kier alpha value is -2.46. The lowest BCUT2D eigenvalue weighted by Gasteiger charge is -2.07. The predicted molar refractivity (Wildman–Crippen MR) is 86.7 cm³/mol. The van der Waals surface area contributed by atoms with Crippen molar-refractivity contribution in [3.8, 4) is 5.75 Å². The van der Waals surface area contributed by atoms with E-state index >= 15 is 0 Å². The van der Waals surface area contributed by atoms with Gasteiger partial charge in [-0.25, -0.2) is 0 Å². The Balaban J connectivity index is 2.12. The number of ether oxygens (including phenoxy) is 1. The van der Waals surface area contributed by atoms with Crippen molar-refractivity contribution in [2.45, 2.75) is 6.92 Å². The van der Waals surface area contributed by atoms with Crippen LogP contribution >= 0.6 is 11.6 Å². The van der Waals surface area contributed by atoms with Gasteiger partial charge in [0.05, 0.1) is 17.9 Å². The summed E-state index contributed by atoms with van der Waals surface area (Å²) < 4.78 is 11.1. The Morgan fingerprint density at radius 1 is 1.27 bits per heavy atom. The molecule has 0 aliphatic carbocycles. The second-order valence-corrected chi connectivity index (χ2v) is 5.18. The van der Waals surface area contributed by atoms with Crippen molar-refractivity contribution >= 4 is 34.0 Å². The second-order valence-electron chi connectivity index (χ2n) is 4.74. The number of furan rings is 1. The van der Waals surface area contributed by atoms with Gasteiger partial charge in [-0.05, 0) is 37.3 Å². The van der Waals surface area contributed by atoms with Crippen LogP contribution in [-0.2, 0) is 0 Å². The number of nitrogens with two attached hydrogens (primary N) is 1. The molecule has 0 fully saturated rings. The summed E-state index contributed by atoms with van der Waals surface area (Å²) in [5.74, 6) is 0.297. The first kappa shape index (κ1) is 14.5. The molecule has 0 saturated carbocycles. The summed E-state index contributed by atoms with van der Waals surface area (Å²) in [4.78, 5) is 12.7. The fourth-order valence-electron chi connectivity index (χ4n) is 2.32. The molecule has 112 valence electrons. The van der Waals surface area contributed by atoms with Gasteiger partial charge in [-0.2, -0.15) is 0 Å². The summed E-state index contributed by atoms with van der Waals surface area (Å²) in [7, 11) is 0. The van der Waals surface area contributed by atoms with E-state index in [-0.39, 0.29) is 17.2 Å². The van der Waals surface area contributed by atoms with E-state index in [0.717, 1.165) is 0 Å². The van der Waals surface area contributed by atoms with E-state index in [4.69, 9.17) is 26.5 Å². The molecule has 0 radical (unpaired) electrons. The lowest BCUT2D eigenvalue weighted by molar-refractivity contribution is 0.101. The molecule has 4 nitrogen and oxygen atoms in total. The Morgan fingerprint density at radius 3 is 2.82 bits per heavy atom. The molecule has 0 atom stereocenters. The van der Waals surface area contributed by atoms with Gasteiger partial charge in [0.2, 0.25) is 5.78 Å². The topological polar surface area (TPSA) is 65.5 Å². The Morgan fingerprint density at radius 2 is 2.05 bits per heavy atom. The fraction of sp³-hybridized carbons (Fsp3) is 0.118. The normalized spacial score (nSPS) is 10.8. The number of para-hydroxylation sites is 1. The maximum atomic E-state index is 12.7. The van der Waals surface area contributed by atoms with Crippen molar-refractivity contribution in [1.82, 2.24) is 0 Å². The molecule has 3 rings (SSSR count). The molecule has 1 heterocycles. The summed E-state index contributed by atoms with van der Waals surface area (Å²) in [6.45, 7) is 2.33. The highest BCUT2D eigenvalue weighted by Gasteiger charge is 2.22. The van der Waals surface area contributed by atoms with Crippen LogP contribution in [0.5, 0.6) is 5.75 Å². The van der Waals surface area contributed by atoms with Crippen LogP contribution in [0.25, 0.3) is 11.0 Å². The number of rotatable bonds is 4. The average molecular weight is 316 g/mol. The number of hydrogen-bond donors (Lipinski definition) is 1. The number of nitrogen functional groups attached to an aromatic ring is 1. The van der Waals surface area contributed by atoms with Crippen molar-refractivity contribution in [3.05, 3.63) is 58.8 Å². The number of anilines is 1. The summed E-state index contributed by atoms with van der Waals surface area (Å²) in [6.07, 6.45) is 0. The van der Waals surface area contributed by atoms with Crippen molar-refractivity contribution in [3.63, 3.8) is 0 Å². The highest BCUT2D eigenvalue weighted by atomic mass is 35.5. The molecule has 0 bridgehead atoms. The minimum absolute atomic E-state index is 0.101. The number of halogens is 1. The van der Waals surface area contributed by atoms with E-state index in [0.29, 0.717) is 33.9 Å². The van der Waals surface area contributed by atoms with Crippen LogP contribution < -0.4 is 10.5 Å². The van der Waals surface area contributed by atoms with Gasteiger partial charge in [-0.3, -0.25) is 4.79 Å². The van der Waals surface area contributed by atoms with E-state index in [1.54, 1.807) is 36.4 Å². The van der Waals surface area contributed by atoms with Crippen LogP contribution in [0.3, 0.4) is 0 Å². The monoisotopic (exact) mass is 315 g/mol. The fourth-order valence-corrected chi connectivity index (χ4v) is 2.49. The molecule has 5 heteroatoms. The van der Waals surface area contributed by atoms with Crippen LogP contribution in [0, 0.1) is 0 Å². The summed E-state index contributed by atoms with van der Waals surface area (Å²) >= 11 is 5.96. The summed E-state index contributed by atoms with van der Waals surface area (Å²) in [5, 5.41) is 1.17. The highest BCUT2D eigenvalue weighted by molar-refractivity contribution is 6.31. The minimum atomic E-state index is -0.311. The third-order valence-corrected chi connectivity index (χ3v) is 3.56. The maximum Gasteiger partial charge on any atom is 0.234 e. The van der Waals surface area contributed by atoms with E-state index in [2.05, 4.69) is 0 Å². The van der Waals surface area contributed by atoms with Crippen LogP contribution in [0.1, 0.15) is 23.0 Å². The smallest absolute Gasteiger partial charge is 0.234 e. The SMILES string of the molecule is CCOc1ccccc1C(=O)c1oc2ccc(Cl)cc2c1N. The first-order chi connectivity index (χ1) is 10.6. The van der Waals surface area contributed by atoms with Crippen LogP contribution in [0.2, 0.25) is 5.02 Å². The second kappa shape index (κ2) is 5.73. The first-order valence-electron chi connectivity index (χ1n) is 6.86. The summed E-state index contributed by atoms with van der Waals surface area (Å²) in [5.41, 5.74) is 7.29. The third-order valence-electron chi connectivity index (χ3n) is 3.33. The Bertz CT molecular complexity index is 854. The molecule has 0 amide bonds. The van der Waals surface area contributed by atoms with E-state index in [1.807, 2.05) is 13.0 Å². The number of carbonyl (C=O) groups is 1. The number of ketones is 1. The van der Waals surface area contributed by atoms with E-state index < -0.39 is 0 Å². The maximum absolute atomic E-state index is 12.7. The molecule has 0 saturated heterocycles. The van der Waals surface area contributed by atoms with Crippen LogP contribution in [0.4, 0.5) is 5.69 Å². The zero-order valence-corrected chi connectivity index (χ0v) is 12.7. The average Bonchev–Trinajstić information content (AvgIpc) is 2.84. The van der Waals surface area contributed by atoms with Gasteiger partial charge < -0.3 is 14.9 Å². The molecule has 0 spiro atoms. The number of benzene rings is 2. The zero-order valence-electron chi connectivity index (χ0n) is 11.9. The largest absolute Gasteiger partial charge is 0.493 e. The number of hydrogen-bond acceptors (Lipinski definition) is 4. The van der Waals surface area contributed by atoms with Crippen LogP contribution in [0.15, 0.2) is 46.9 Å². The Kier molecular flexibility index (Phi) is 3.77. The quantitative estimate of drug-likeness (QED) is 0.729. The lowest BCUT2D eigenvalue weighted by Crippen LogP contribution is -2.06. The molecule has 0 aliphatic rings.